The molecular weight excluding hydrogens is 184 g/mol. The first kappa shape index (κ1) is 10.1. The molecule has 0 amide bonds. The van der Waals surface area contributed by atoms with Crippen LogP contribution in [0.3, 0.4) is 0 Å². The molecule has 15 heavy (non-hydrogen) atoms. The van der Waals surface area contributed by atoms with E-state index < -0.39 is 0 Å². The van der Waals surface area contributed by atoms with E-state index in [1.807, 2.05) is 0 Å². The van der Waals surface area contributed by atoms with E-state index in [2.05, 4.69) is 43.1 Å². The molecule has 0 spiro atoms. The van der Waals surface area contributed by atoms with Gasteiger partial charge in [0.25, 0.3) is 0 Å². The molecule has 1 aromatic heterocycles. The number of nitrogens with two attached hydrogens (primary N) is 1. The van der Waals surface area contributed by atoms with Crippen molar-refractivity contribution in [3.8, 4) is 0 Å². The third-order valence-electron chi connectivity index (χ3n) is 2.84. The maximum Gasteiger partial charge on any atom is 0.0737 e. The Hall–Kier alpha value is -1.41. The summed E-state index contributed by atoms with van der Waals surface area (Å²) in [5.74, 6) is 0. The molecule has 2 aromatic rings. The highest BCUT2D eigenvalue weighted by Crippen LogP contribution is 2.19. The van der Waals surface area contributed by atoms with Gasteiger partial charge in [0.15, 0.2) is 0 Å². The van der Waals surface area contributed by atoms with Crippen LogP contribution in [-0.2, 0) is 6.42 Å². The maximum absolute atomic E-state index is 5.53. The van der Waals surface area contributed by atoms with E-state index in [-0.39, 0.29) is 0 Å². The minimum Gasteiger partial charge on any atom is -0.330 e. The average Bonchev–Trinajstić information content (AvgIpc) is 2.25. The SMILES string of the molecule is Cc1ccc2ccc(CCN)nc2c1C. The van der Waals surface area contributed by atoms with Gasteiger partial charge in [-0.1, -0.05) is 18.2 Å². The zero-order valence-electron chi connectivity index (χ0n) is 9.25. The monoisotopic (exact) mass is 200 g/mol. The number of pyridine rings is 1. The summed E-state index contributed by atoms with van der Waals surface area (Å²) in [6, 6.07) is 8.45. The maximum atomic E-state index is 5.53. The Balaban J connectivity index is 2.63. The first-order valence-electron chi connectivity index (χ1n) is 5.28. The van der Waals surface area contributed by atoms with Crippen LogP contribution in [0, 0.1) is 13.8 Å². The van der Waals surface area contributed by atoms with Crippen LogP contribution in [0.5, 0.6) is 0 Å². The Morgan fingerprint density at radius 3 is 2.60 bits per heavy atom. The van der Waals surface area contributed by atoms with Gasteiger partial charge in [-0.15, -0.1) is 0 Å². The number of fused-ring (bicyclic) bond motifs is 1. The predicted molar refractivity (Wildman–Crippen MR) is 64.0 cm³/mol. The van der Waals surface area contributed by atoms with Crippen molar-refractivity contribution in [1.82, 2.24) is 4.98 Å². The molecule has 0 saturated heterocycles. The Morgan fingerprint density at radius 2 is 1.87 bits per heavy atom. The van der Waals surface area contributed by atoms with Gasteiger partial charge in [-0.3, -0.25) is 4.98 Å². The van der Waals surface area contributed by atoms with Crippen LogP contribution in [0.25, 0.3) is 10.9 Å². The van der Waals surface area contributed by atoms with Gasteiger partial charge in [-0.25, -0.2) is 0 Å². The molecule has 0 bridgehead atoms. The van der Waals surface area contributed by atoms with Crippen LogP contribution in [0.1, 0.15) is 16.8 Å². The Morgan fingerprint density at radius 1 is 1.13 bits per heavy atom. The molecule has 78 valence electrons. The van der Waals surface area contributed by atoms with Crippen molar-refractivity contribution in [3.05, 3.63) is 41.1 Å². The van der Waals surface area contributed by atoms with Gasteiger partial charge < -0.3 is 5.73 Å². The highest BCUT2D eigenvalue weighted by atomic mass is 14.7. The summed E-state index contributed by atoms with van der Waals surface area (Å²) in [4.78, 5) is 4.65. The number of hydrogen-bond acceptors (Lipinski definition) is 2. The lowest BCUT2D eigenvalue weighted by atomic mass is 10.0. The van der Waals surface area contributed by atoms with E-state index in [4.69, 9.17) is 5.73 Å². The standard InChI is InChI=1S/C13H16N2/c1-9-3-4-11-5-6-12(7-8-14)15-13(11)10(9)2/h3-6H,7-8,14H2,1-2H3. The van der Waals surface area contributed by atoms with E-state index >= 15 is 0 Å². The van der Waals surface area contributed by atoms with Gasteiger partial charge in [-0.2, -0.15) is 0 Å². The summed E-state index contributed by atoms with van der Waals surface area (Å²) >= 11 is 0. The van der Waals surface area contributed by atoms with Crippen LogP contribution < -0.4 is 5.73 Å². The van der Waals surface area contributed by atoms with E-state index in [0.29, 0.717) is 6.54 Å². The van der Waals surface area contributed by atoms with Crippen molar-refractivity contribution < 1.29 is 0 Å². The van der Waals surface area contributed by atoms with E-state index in [0.717, 1.165) is 17.6 Å². The molecule has 2 nitrogen and oxygen atoms in total. The molecule has 0 aliphatic carbocycles. The number of aromatic nitrogens is 1. The molecule has 1 aromatic carbocycles. The number of rotatable bonds is 2. The van der Waals surface area contributed by atoms with Gasteiger partial charge in [-0.05, 0) is 37.6 Å². The molecule has 0 atom stereocenters. The summed E-state index contributed by atoms with van der Waals surface area (Å²) in [5.41, 5.74) is 10.3. The molecule has 0 saturated carbocycles. The first-order chi connectivity index (χ1) is 7.22. The lowest BCUT2D eigenvalue weighted by molar-refractivity contribution is 0.931. The van der Waals surface area contributed by atoms with Crippen molar-refractivity contribution in [1.29, 1.82) is 0 Å². The van der Waals surface area contributed by atoms with Crippen LogP contribution in [0.15, 0.2) is 24.3 Å². The van der Waals surface area contributed by atoms with Crippen molar-refractivity contribution in [2.24, 2.45) is 5.73 Å². The molecule has 0 unspecified atom stereocenters. The minimum absolute atomic E-state index is 0.656. The molecular formula is C13H16N2. The second kappa shape index (κ2) is 3.99. The van der Waals surface area contributed by atoms with Crippen molar-refractivity contribution in [2.75, 3.05) is 6.54 Å². The second-order valence-electron chi connectivity index (χ2n) is 3.92. The van der Waals surface area contributed by atoms with Crippen LogP contribution in [-0.4, -0.2) is 11.5 Å². The van der Waals surface area contributed by atoms with E-state index in [1.54, 1.807) is 0 Å². The molecule has 1 heterocycles. The van der Waals surface area contributed by atoms with Gasteiger partial charge in [0, 0.05) is 17.5 Å². The highest BCUT2D eigenvalue weighted by molar-refractivity contribution is 5.82. The Kier molecular flexibility index (Phi) is 2.69. The predicted octanol–water partition coefficient (Wildman–Crippen LogP) is 2.35. The van der Waals surface area contributed by atoms with Gasteiger partial charge >= 0.3 is 0 Å². The van der Waals surface area contributed by atoms with Crippen molar-refractivity contribution in [3.63, 3.8) is 0 Å². The van der Waals surface area contributed by atoms with Crippen molar-refractivity contribution >= 4 is 10.9 Å². The summed E-state index contributed by atoms with van der Waals surface area (Å²) in [6.07, 6.45) is 0.851. The zero-order valence-corrected chi connectivity index (χ0v) is 9.25. The van der Waals surface area contributed by atoms with E-state index in [9.17, 15) is 0 Å². The topological polar surface area (TPSA) is 38.9 Å². The number of hydrogen-bond donors (Lipinski definition) is 1. The molecule has 2 N–H and O–H groups in total. The summed E-state index contributed by atoms with van der Waals surface area (Å²) < 4.78 is 0. The molecule has 2 rings (SSSR count). The fourth-order valence-corrected chi connectivity index (χ4v) is 1.76. The van der Waals surface area contributed by atoms with Gasteiger partial charge in [0.1, 0.15) is 0 Å². The second-order valence-corrected chi connectivity index (χ2v) is 3.92. The Bertz CT molecular complexity index is 489. The Labute approximate surface area is 90.1 Å². The fourth-order valence-electron chi connectivity index (χ4n) is 1.76. The van der Waals surface area contributed by atoms with Gasteiger partial charge in [0.2, 0.25) is 0 Å². The number of aryl methyl sites for hydroxylation is 2. The summed E-state index contributed by atoms with van der Waals surface area (Å²) in [5, 5.41) is 1.21. The molecule has 0 aliphatic rings. The molecule has 0 fully saturated rings. The quantitative estimate of drug-likeness (QED) is 0.808. The number of nitrogens with zero attached hydrogens (tertiary/aromatic N) is 1. The smallest absolute Gasteiger partial charge is 0.0737 e. The minimum atomic E-state index is 0.656. The van der Waals surface area contributed by atoms with Crippen molar-refractivity contribution in [2.45, 2.75) is 20.3 Å². The van der Waals surface area contributed by atoms with Crippen LogP contribution in [0.4, 0.5) is 0 Å². The lowest BCUT2D eigenvalue weighted by Crippen LogP contribution is -2.04. The average molecular weight is 200 g/mol. The molecule has 0 aliphatic heterocycles. The van der Waals surface area contributed by atoms with E-state index in [1.165, 1.54) is 16.5 Å². The highest BCUT2D eigenvalue weighted by Gasteiger charge is 2.02. The summed E-state index contributed by atoms with van der Waals surface area (Å²) in [6.45, 7) is 4.90. The fraction of sp³-hybridized carbons (Fsp3) is 0.308. The largest absolute Gasteiger partial charge is 0.330 e. The zero-order chi connectivity index (χ0) is 10.8. The third-order valence-corrected chi connectivity index (χ3v) is 2.84. The first-order valence-corrected chi connectivity index (χ1v) is 5.28. The lowest BCUT2D eigenvalue weighted by Gasteiger charge is -2.06. The van der Waals surface area contributed by atoms with Crippen LogP contribution in [0.2, 0.25) is 0 Å². The number of benzene rings is 1. The summed E-state index contributed by atoms with van der Waals surface area (Å²) in [7, 11) is 0. The van der Waals surface area contributed by atoms with Gasteiger partial charge in [0.05, 0.1) is 5.52 Å². The van der Waals surface area contributed by atoms with Crippen LogP contribution >= 0.6 is 0 Å². The molecule has 2 heteroatoms. The molecule has 0 radical (unpaired) electrons. The normalized spacial score (nSPS) is 10.9. The third kappa shape index (κ3) is 1.85.